The topological polar surface area (TPSA) is 8.17 Å². The molecule has 0 saturated heterocycles. The summed E-state index contributed by atoms with van der Waals surface area (Å²) in [4.78, 5) is 2.38. The molecule has 12 rings (SSSR count). The molecule has 0 spiro atoms. The van der Waals surface area contributed by atoms with Crippen molar-refractivity contribution in [1.29, 1.82) is 0 Å². The van der Waals surface area contributed by atoms with Gasteiger partial charge in [0, 0.05) is 53.7 Å². The lowest BCUT2D eigenvalue weighted by molar-refractivity contribution is 1.18. The quantitative estimate of drug-likeness (QED) is 0.156. The van der Waals surface area contributed by atoms with Gasteiger partial charge in [-0.15, -0.1) is 11.3 Å². The van der Waals surface area contributed by atoms with E-state index in [0.717, 1.165) is 22.7 Å². The van der Waals surface area contributed by atoms with Crippen molar-refractivity contribution in [3.05, 3.63) is 231 Å². The molecular formula is C58H38N2S. The van der Waals surface area contributed by atoms with E-state index in [1.807, 2.05) is 11.3 Å². The van der Waals surface area contributed by atoms with E-state index in [4.69, 9.17) is 0 Å². The van der Waals surface area contributed by atoms with Gasteiger partial charge in [0.05, 0.1) is 11.0 Å². The van der Waals surface area contributed by atoms with E-state index in [9.17, 15) is 0 Å². The van der Waals surface area contributed by atoms with E-state index in [1.165, 1.54) is 86.1 Å². The third-order valence-corrected chi connectivity index (χ3v) is 13.3. The molecule has 0 bridgehead atoms. The van der Waals surface area contributed by atoms with Crippen molar-refractivity contribution in [2.75, 3.05) is 4.90 Å². The van der Waals surface area contributed by atoms with Gasteiger partial charge in [-0.1, -0.05) is 152 Å². The molecule has 0 N–H and O–H groups in total. The van der Waals surface area contributed by atoms with E-state index in [1.54, 1.807) is 0 Å². The predicted octanol–water partition coefficient (Wildman–Crippen LogP) is 16.8. The van der Waals surface area contributed by atoms with Gasteiger partial charge < -0.3 is 9.47 Å². The van der Waals surface area contributed by atoms with Gasteiger partial charge in [-0.2, -0.15) is 0 Å². The van der Waals surface area contributed by atoms with Gasteiger partial charge in [0.1, 0.15) is 0 Å². The normalized spacial score (nSPS) is 11.6. The number of rotatable bonds is 7. The first-order valence-electron chi connectivity index (χ1n) is 20.8. The lowest BCUT2D eigenvalue weighted by Crippen LogP contribution is -2.10. The SMILES string of the molecule is c1cc(-c2cccc3ccccc23)cc(N(c2ccc(-c3cccc(-n4c5ccccc5c5ccccc54)c3)cc2)c2ccc(-c3ccc4sc5ccccc5c4c3)cc2)c1. The van der Waals surface area contributed by atoms with Crippen molar-refractivity contribution in [2.24, 2.45) is 0 Å². The minimum Gasteiger partial charge on any atom is -0.310 e. The highest BCUT2D eigenvalue weighted by Gasteiger charge is 2.17. The van der Waals surface area contributed by atoms with E-state index in [-0.39, 0.29) is 0 Å². The second kappa shape index (κ2) is 14.5. The maximum atomic E-state index is 2.39. The number of anilines is 3. The minimum atomic E-state index is 1.09. The Kier molecular flexibility index (Phi) is 8.39. The fourth-order valence-electron chi connectivity index (χ4n) is 9.27. The Hall–Kier alpha value is -7.72. The van der Waals surface area contributed by atoms with E-state index in [2.05, 4.69) is 240 Å². The second-order valence-corrected chi connectivity index (χ2v) is 16.8. The van der Waals surface area contributed by atoms with Crippen LogP contribution in [0.1, 0.15) is 0 Å². The summed E-state index contributed by atoms with van der Waals surface area (Å²) >= 11 is 1.86. The molecule has 0 aliphatic heterocycles. The van der Waals surface area contributed by atoms with E-state index < -0.39 is 0 Å². The predicted molar refractivity (Wildman–Crippen MR) is 262 cm³/mol. The van der Waals surface area contributed by atoms with Crippen LogP contribution in [0.3, 0.4) is 0 Å². The van der Waals surface area contributed by atoms with Crippen LogP contribution in [0, 0.1) is 0 Å². The Bertz CT molecular complexity index is 3530. The lowest BCUT2D eigenvalue weighted by Gasteiger charge is -2.26. The highest BCUT2D eigenvalue weighted by atomic mass is 32.1. The smallest absolute Gasteiger partial charge is 0.0541 e. The molecular weight excluding hydrogens is 757 g/mol. The van der Waals surface area contributed by atoms with Crippen LogP contribution in [0.2, 0.25) is 0 Å². The monoisotopic (exact) mass is 794 g/mol. The van der Waals surface area contributed by atoms with Crippen LogP contribution in [0.5, 0.6) is 0 Å². The first-order chi connectivity index (χ1) is 30.2. The zero-order valence-electron chi connectivity index (χ0n) is 33.2. The average molecular weight is 795 g/mol. The number of fused-ring (bicyclic) bond motifs is 7. The molecule has 10 aromatic carbocycles. The van der Waals surface area contributed by atoms with E-state index in [0.29, 0.717) is 0 Å². The largest absolute Gasteiger partial charge is 0.310 e. The molecule has 0 aliphatic rings. The number of thiophene rings is 1. The first-order valence-corrected chi connectivity index (χ1v) is 21.6. The summed E-state index contributed by atoms with van der Waals surface area (Å²) in [6.07, 6.45) is 0. The zero-order chi connectivity index (χ0) is 40.3. The number of aromatic nitrogens is 1. The molecule has 0 fully saturated rings. The summed E-state index contributed by atoms with van der Waals surface area (Å²) in [5.41, 5.74) is 14.0. The summed E-state index contributed by atoms with van der Waals surface area (Å²) in [6, 6.07) is 84.2. The fraction of sp³-hybridized carbons (Fsp3) is 0. The lowest BCUT2D eigenvalue weighted by atomic mass is 9.97. The summed E-state index contributed by atoms with van der Waals surface area (Å²) in [5, 5.41) is 7.66. The van der Waals surface area contributed by atoms with Crippen LogP contribution < -0.4 is 4.90 Å². The number of hydrogen-bond acceptors (Lipinski definition) is 2. The molecule has 3 heteroatoms. The standard InChI is InChI=1S/C58H38N2S/c1-2-18-49-41(12-1)13-11-22-50(49)44-15-10-16-47(37-44)59(46-33-28-40(29-34-46)43-30-35-58-54(38-43)53-21-5-8-25-57(53)61-58)45-31-26-39(27-32-45)42-14-9-17-48(36-42)60-55-23-6-3-19-51(55)52-20-4-7-24-56(52)60/h1-38H. The molecule has 0 atom stereocenters. The average Bonchev–Trinajstić information content (AvgIpc) is 3.88. The Morgan fingerprint density at radius 1 is 0.311 bits per heavy atom. The summed E-state index contributed by atoms with van der Waals surface area (Å²) in [7, 11) is 0. The van der Waals surface area contributed by atoms with Crippen molar-refractivity contribution in [2.45, 2.75) is 0 Å². The molecule has 61 heavy (non-hydrogen) atoms. The maximum Gasteiger partial charge on any atom is 0.0541 e. The van der Waals surface area contributed by atoms with Gasteiger partial charge >= 0.3 is 0 Å². The van der Waals surface area contributed by atoms with Crippen molar-refractivity contribution in [1.82, 2.24) is 4.57 Å². The van der Waals surface area contributed by atoms with Crippen molar-refractivity contribution in [3.8, 4) is 39.1 Å². The van der Waals surface area contributed by atoms with Crippen LogP contribution in [0.25, 0.3) is 91.8 Å². The first kappa shape index (κ1) is 35.2. The summed E-state index contributed by atoms with van der Waals surface area (Å²) < 4.78 is 5.03. The molecule has 2 heterocycles. The summed E-state index contributed by atoms with van der Waals surface area (Å²) in [6.45, 7) is 0. The molecule has 2 aromatic heterocycles. The van der Waals surface area contributed by atoms with Crippen LogP contribution in [0.15, 0.2) is 231 Å². The Labute approximate surface area is 358 Å². The Morgan fingerprint density at radius 2 is 0.852 bits per heavy atom. The van der Waals surface area contributed by atoms with Crippen molar-refractivity contribution >= 4 is 81.1 Å². The van der Waals surface area contributed by atoms with Crippen LogP contribution in [-0.2, 0) is 0 Å². The number of nitrogens with zero attached hydrogens (tertiary/aromatic N) is 2. The molecule has 0 saturated carbocycles. The van der Waals surface area contributed by atoms with Gasteiger partial charge in [-0.3, -0.25) is 0 Å². The number of benzene rings is 10. The van der Waals surface area contributed by atoms with Crippen LogP contribution in [0.4, 0.5) is 17.1 Å². The molecule has 2 nitrogen and oxygen atoms in total. The van der Waals surface area contributed by atoms with Crippen LogP contribution >= 0.6 is 11.3 Å². The number of para-hydroxylation sites is 2. The van der Waals surface area contributed by atoms with Gasteiger partial charge in [-0.05, 0) is 123 Å². The van der Waals surface area contributed by atoms with E-state index >= 15 is 0 Å². The molecule has 0 unspecified atom stereocenters. The summed E-state index contributed by atoms with van der Waals surface area (Å²) in [5.74, 6) is 0. The third kappa shape index (κ3) is 6.09. The highest BCUT2D eigenvalue weighted by Crippen LogP contribution is 2.41. The highest BCUT2D eigenvalue weighted by molar-refractivity contribution is 7.25. The van der Waals surface area contributed by atoms with Gasteiger partial charge in [0.2, 0.25) is 0 Å². The molecule has 286 valence electrons. The fourth-order valence-corrected chi connectivity index (χ4v) is 10.4. The van der Waals surface area contributed by atoms with Crippen LogP contribution in [-0.4, -0.2) is 4.57 Å². The molecule has 0 aliphatic carbocycles. The Balaban J connectivity index is 0.945. The molecule has 0 radical (unpaired) electrons. The van der Waals surface area contributed by atoms with Gasteiger partial charge in [0.15, 0.2) is 0 Å². The second-order valence-electron chi connectivity index (χ2n) is 15.7. The minimum absolute atomic E-state index is 1.09. The van der Waals surface area contributed by atoms with Gasteiger partial charge in [0.25, 0.3) is 0 Å². The molecule has 0 amide bonds. The number of hydrogen-bond donors (Lipinski definition) is 0. The third-order valence-electron chi connectivity index (χ3n) is 12.2. The van der Waals surface area contributed by atoms with Gasteiger partial charge in [-0.25, -0.2) is 0 Å². The van der Waals surface area contributed by atoms with Crippen molar-refractivity contribution < 1.29 is 0 Å². The van der Waals surface area contributed by atoms with Crippen molar-refractivity contribution in [3.63, 3.8) is 0 Å². The maximum absolute atomic E-state index is 2.39. The zero-order valence-corrected chi connectivity index (χ0v) is 34.1. The molecule has 12 aromatic rings. The Morgan fingerprint density at radius 3 is 1.59 bits per heavy atom.